The van der Waals surface area contributed by atoms with Crippen LogP contribution in [0.3, 0.4) is 0 Å². The highest BCUT2D eigenvalue weighted by atomic mass is 16.5. The van der Waals surface area contributed by atoms with Crippen LogP contribution in [0.2, 0.25) is 0 Å². The second-order valence-electron chi connectivity index (χ2n) is 5.70. The Morgan fingerprint density at radius 1 is 1.39 bits per heavy atom. The number of aryl methyl sites for hydroxylation is 1. The second kappa shape index (κ2) is 6.24. The van der Waals surface area contributed by atoms with Crippen molar-refractivity contribution in [3.8, 4) is 5.75 Å². The topological polar surface area (TPSA) is 35.2 Å². The van der Waals surface area contributed by atoms with Crippen molar-refractivity contribution in [3.63, 3.8) is 0 Å². The summed E-state index contributed by atoms with van der Waals surface area (Å²) in [5.41, 5.74) is 7.04. The first kappa shape index (κ1) is 13.4. The summed E-state index contributed by atoms with van der Waals surface area (Å²) in [6.07, 6.45) is 5.30. The maximum absolute atomic E-state index is 6.12. The Morgan fingerprint density at radius 3 is 2.94 bits per heavy atom. The van der Waals surface area contributed by atoms with E-state index in [4.69, 9.17) is 10.5 Å². The van der Waals surface area contributed by atoms with Crippen molar-refractivity contribution < 1.29 is 4.74 Å². The monoisotopic (exact) mass is 247 g/mol. The van der Waals surface area contributed by atoms with Crippen molar-refractivity contribution in [1.29, 1.82) is 0 Å². The molecule has 3 atom stereocenters. The maximum Gasteiger partial charge on any atom is 0.119 e. The van der Waals surface area contributed by atoms with E-state index in [-0.39, 0.29) is 0 Å². The van der Waals surface area contributed by atoms with Crippen molar-refractivity contribution in [2.75, 3.05) is 6.54 Å². The van der Waals surface area contributed by atoms with Gasteiger partial charge in [-0.1, -0.05) is 19.1 Å². The average Bonchev–Trinajstić information content (AvgIpc) is 2.38. The van der Waals surface area contributed by atoms with Gasteiger partial charge in [-0.15, -0.1) is 0 Å². The normalized spacial score (nSPS) is 25.7. The van der Waals surface area contributed by atoms with Gasteiger partial charge in [0.05, 0.1) is 6.10 Å². The molecule has 2 heteroatoms. The summed E-state index contributed by atoms with van der Waals surface area (Å²) in [6.45, 7) is 5.16. The number of hydrogen-bond donors (Lipinski definition) is 1. The van der Waals surface area contributed by atoms with Crippen LogP contribution in [0.5, 0.6) is 5.75 Å². The molecule has 0 heterocycles. The smallest absolute Gasteiger partial charge is 0.119 e. The van der Waals surface area contributed by atoms with Gasteiger partial charge < -0.3 is 10.5 Å². The Hall–Kier alpha value is -1.02. The molecule has 2 nitrogen and oxygen atoms in total. The lowest BCUT2D eigenvalue weighted by atomic mass is 9.79. The van der Waals surface area contributed by atoms with Crippen LogP contribution in [-0.4, -0.2) is 12.6 Å². The van der Waals surface area contributed by atoms with Gasteiger partial charge in [0, 0.05) is 0 Å². The minimum absolute atomic E-state index is 0.375. The first-order valence-corrected chi connectivity index (χ1v) is 7.12. The van der Waals surface area contributed by atoms with Crippen LogP contribution >= 0.6 is 0 Å². The molecule has 100 valence electrons. The fourth-order valence-electron chi connectivity index (χ4n) is 2.88. The van der Waals surface area contributed by atoms with Crippen molar-refractivity contribution in [2.24, 2.45) is 17.6 Å². The van der Waals surface area contributed by atoms with E-state index in [1.165, 1.54) is 24.8 Å². The highest BCUT2D eigenvalue weighted by Crippen LogP contribution is 2.32. The summed E-state index contributed by atoms with van der Waals surface area (Å²) in [6, 6.07) is 8.35. The van der Waals surface area contributed by atoms with Crippen LogP contribution in [0.1, 0.15) is 38.2 Å². The summed E-state index contributed by atoms with van der Waals surface area (Å²) < 4.78 is 6.12. The molecule has 1 aliphatic carbocycles. The Morgan fingerprint density at radius 2 is 2.22 bits per heavy atom. The summed E-state index contributed by atoms with van der Waals surface area (Å²) in [5, 5.41) is 0. The van der Waals surface area contributed by atoms with Gasteiger partial charge in [0.1, 0.15) is 5.75 Å². The van der Waals surface area contributed by atoms with E-state index >= 15 is 0 Å². The molecule has 2 rings (SSSR count). The van der Waals surface area contributed by atoms with Gasteiger partial charge in [0.15, 0.2) is 0 Å². The van der Waals surface area contributed by atoms with Crippen molar-refractivity contribution in [3.05, 3.63) is 29.8 Å². The molecule has 0 radical (unpaired) electrons. The number of benzene rings is 1. The molecule has 1 fully saturated rings. The molecule has 1 aliphatic rings. The number of nitrogens with two attached hydrogens (primary N) is 1. The van der Waals surface area contributed by atoms with Crippen molar-refractivity contribution >= 4 is 0 Å². The van der Waals surface area contributed by atoms with Gasteiger partial charge in [-0.2, -0.15) is 0 Å². The first-order valence-electron chi connectivity index (χ1n) is 7.12. The molecule has 1 aromatic rings. The Bertz CT molecular complexity index is 377. The minimum atomic E-state index is 0.375. The van der Waals surface area contributed by atoms with E-state index in [2.05, 4.69) is 38.1 Å². The van der Waals surface area contributed by atoms with Crippen LogP contribution in [-0.2, 0) is 0 Å². The van der Waals surface area contributed by atoms with Gasteiger partial charge in [-0.3, -0.25) is 0 Å². The lowest BCUT2D eigenvalue weighted by Gasteiger charge is -2.32. The van der Waals surface area contributed by atoms with Crippen LogP contribution in [0.15, 0.2) is 24.3 Å². The van der Waals surface area contributed by atoms with Gasteiger partial charge >= 0.3 is 0 Å². The Labute approximate surface area is 111 Å². The molecule has 0 aliphatic heterocycles. The molecule has 1 aromatic carbocycles. The van der Waals surface area contributed by atoms with Crippen LogP contribution in [0.4, 0.5) is 0 Å². The molecular weight excluding hydrogens is 222 g/mol. The van der Waals surface area contributed by atoms with E-state index in [0.29, 0.717) is 12.0 Å². The average molecular weight is 247 g/mol. The lowest BCUT2D eigenvalue weighted by molar-refractivity contribution is 0.104. The molecule has 0 bridgehead atoms. The van der Waals surface area contributed by atoms with E-state index in [9.17, 15) is 0 Å². The molecule has 0 saturated heterocycles. The molecule has 3 unspecified atom stereocenters. The van der Waals surface area contributed by atoms with E-state index in [1.807, 2.05) is 0 Å². The predicted molar refractivity (Wildman–Crippen MR) is 75.8 cm³/mol. The van der Waals surface area contributed by atoms with Crippen molar-refractivity contribution in [2.45, 2.75) is 45.6 Å². The Kier molecular flexibility index (Phi) is 4.65. The van der Waals surface area contributed by atoms with E-state index in [0.717, 1.165) is 24.6 Å². The maximum atomic E-state index is 6.12. The lowest BCUT2D eigenvalue weighted by Crippen LogP contribution is -2.31. The summed E-state index contributed by atoms with van der Waals surface area (Å²) in [7, 11) is 0. The number of hydrogen-bond acceptors (Lipinski definition) is 2. The third-order valence-corrected chi connectivity index (χ3v) is 4.14. The fourth-order valence-corrected chi connectivity index (χ4v) is 2.88. The number of ether oxygens (including phenoxy) is 1. The third kappa shape index (κ3) is 3.49. The summed E-state index contributed by atoms with van der Waals surface area (Å²) in [5.74, 6) is 2.37. The molecule has 0 spiro atoms. The zero-order valence-electron chi connectivity index (χ0n) is 11.6. The van der Waals surface area contributed by atoms with Crippen molar-refractivity contribution in [1.82, 2.24) is 0 Å². The molecule has 18 heavy (non-hydrogen) atoms. The third-order valence-electron chi connectivity index (χ3n) is 4.14. The van der Waals surface area contributed by atoms with Gasteiger partial charge in [-0.05, 0) is 68.7 Å². The molecular formula is C16H25NO. The zero-order chi connectivity index (χ0) is 13.0. The highest BCUT2D eigenvalue weighted by molar-refractivity contribution is 5.27. The van der Waals surface area contributed by atoms with Gasteiger partial charge in [0.2, 0.25) is 0 Å². The largest absolute Gasteiger partial charge is 0.490 e. The SMILES string of the molecule is Cc1cccc(OC2CCCC(C(C)CN)C2)c1. The number of rotatable bonds is 4. The van der Waals surface area contributed by atoms with Crippen LogP contribution < -0.4 is 10.5 Å². The zero-order valence-corrected chi connectivity index (χ0v) is 11.6. The minimum Gasteiger partial charge on any atom is -0.490 e. The van der Waals surface area contributed by atoms with Crippen LogP contribution in [0.25, 0.3) is 0 Å². The molecule has 0 aromatic heterocycles. The highest BCUT2D eigenvalue weighted by Gasteiger charge is 2.26. The molecule has 2 N–H and O–H groups in total. The Balaban J connectivity index is 1.93. The van der Waals surface area contributed by atoms with Gasteiger partial charge in [0.25, 0.3) is 0 Å². The van der Waals surface area contributed by atoms with Crippen LogP contribution in [0, 0.1) is 18.8 Å². The predicted octanol–water partition coefficient (Wildman–Crippen LogP) is 3.53. The van der Waals surface area contributed by atoms with E-state index in [1.54, 1.807) is 0 Å². The quantitative estimate of drug-likeness (QED) is 0.883. The summed E-state index contributed by atoms with van der Waals surface area (Å²) >= 11 is 0. The van der Waals surface area contributed by atoms with Gasteiger partial charge in [-0.25, -0.2) is 0 Å². The summed E-state index contributed by atoms with van der Waals surface area (Å²) in [4.78, 5) is 0. The standard InChI is InChI=1S/C16H25NO/c1-12-5-3-7-15(9-12)18-16-8-4-6-14(10-16)13(2)11-17/h3,5,7,9,13-14,16H,4,6,8,10-11,17H2,1-2H3. The molecule has 0 amide bonds. The second-order valence-corrected chi connectivity index (χ2v) is 5.70. The molecule has 1 saturated carbocycles. The van der Waals surface area contributed by atoms with E-state index < -0.39 is 0 Å². The first-order chi connectivity index (χ1) is 8.69. The fraction of sp³-hybridized carbons (Fsp3) is 0.625.